The molecule has 0 saturated heterocycles. The lowest BCUT2D eigenvalue weighted by molar-refractivity contribution is 1.38. The molecular formula is C44H27N. The maximum absolute atomic E-state index is 2.51. The third kappa shape index (κ3) is 3.68. The number of nitrogens with zero attached hydrogens (tertiary/aromatic N) is 1. The van der Waals surface area contributed by atoms with Crippen molar-refractivity contribution in [2.45, 2.75) is 0 Å². The van der Waals surface area contributed by atoms with E-state index in [0.717, 1.165) is 0 Å². The van der Waals surface area contributed by atoms with Crippen molar-refractivity contribution in [3.05, 3.63) is 164 Å². The molecule has 0 saturated carbocycles. The van der Waals surface area contributed by atoms with Gasteiger partial charge in [-0.25, -0.2) is 0 Å². The molecule has 2 aromatic heterocycles. The summed E-state index contributed by atoms with van der Waals surface area (Å²) < 4.78 is 2.51. The molecule has 0 bridgehead atoms. The van der Waals surface area contributed by atoms with Crippen molar-refractivity contribution in [3.8, 4) is 33.4 Å². The lowest BCUT2D eigenvalue weighted by Gasteiger charge is -2.12. The summed E-state index contributed by atoms with van der Waals surface area (Å²) in [5.41, 5.74) is 11.2. The molecule has 0 aliphatic carbocycles. The van der Waals surface area contributed by atoms with E-state index in [1.807, 2.05) is 0 Å². The molecule has 0 spiro atoms. The van der Waals surface area contributed by atoms with Crippen LogP contribution in [0.1, 0.15) is 0 Å². The zero-order valence-electron chi connectivity index (χ0n) is 24.5. The van der Waals surface area contributed by atoms with Crippen LogP contribution in [0.2, 0.25) is 0 Å². The van der Waals surface area contributed by atoms with Crippen molar-refractivity contribution >= 4 is 59.6 Å². The summed E-state index contributed by atoms with van der Waals surface area (Å²) in [5.74, 6) is 0. The average molecular weight is 570 g/mol. The van der Waals surface area contributed by atoms with Gasteiger partial charge in [0.05, 0.1) is 16.6 Å². The molecule has 0 aliphatic rings. The Bertz CT molecular complexity index is 2550. The molecule has 2 heterocycles. The van der Waals surface area contributed by atoms with E-state index in [2.05, 4.69) is 168 Å². The summed E-state index contributed by atoms with van der Waals surface area (Å²) in [5, 5.41) is 10.3. The van der Waals surface area contributed by atoms with Gasteiger partial charge in [-0.3, -0.25) is 0 Å². The second-order valence-corrected chi connectivity index (χ2v) is 12.2. The van der Waals surface area contributed by atoms with Crippen LogP contribution in [0, 0.1) is 0 Å². The van der Waals surface area contributed by atoms with E-state index in [1.165, 1.54) is 93.0 Å². The van der Waals surface area contributed by atoms with E-state index < -0.39 is 0 Å². The van der Waals surface area contributed by atoms with Gasteiger partial charge in [-0.05, 0) is 110 Å². The molecule has 0 aliphatic heterocycles. The fourth-order valence-electron chi connectivity index (χ4n) is 7.47. The number of fused-ring (bicyclic) bond motifs is 8. The fraction of sp³-hybridized carbons (Fsp3) is 0. The van der Waals surface area contributed by atoms with Gasteiger partial charge in [0.15, 0.2) is 0 Å². The minimum atomic E-state index is 1.22. The van der Waals surface area contributed by atoms with Crippen molar-refractivity contribution in [1.82, 2.24) is 4.40 Å². The SMILES string of the molecule is c1ccc(-c2cc(-c3ccccc3)cc(-c3cc4c5cc6ccccc6cc5n5c6cc7ccccc7cc6c(c3)c45)c2)cc1. The van der Waals surface area contributed by atoms with Crippen molar-refractivity contribution < 1.29 is 0 Å². The largest absolute Gasteiger partial charge is 0.308 e. The zero-order chi connectivity index (χ0) is 29.5. The first kappa shape index (κ1) is 24.5. The Kier molecular flexibility index (Phi) is 5.06. The highest BCUT2D eigenvalue weighted by Gasteiger charge is 2.20. The number of hydrogen-bond acceptors (Lipinski definition) is 0. The highest BCUT2D eigenvalue weighted by Crippen LogP contribution is 2.44. The minimum Gasteiger partial charge on any atom is -0.308 e. The van der Waals surface area contributed by atoms with E-state index in [0.29, 0.717) is 0 Å². The summed E-state index contributed by atoms with van der Waals surface area (Å²) in [4.78, 5) is 0. The summed E-state index contributed by atoms with van der Waals surface area (Å²) in [7, 11) is 0. The predicted octanol–water partition coefficient (Wildman–Crippen LogP) is 12.1. The molecule has 0 unspecified atom stereocenters. The van der Waals surface area contributed by atoms with Crippen LogP contribution in [0.4, 0.5) is 0 Å². The van der Waals surface area contributed by atoms with Gasteiger partial charge in [0.1, 0.15) is 0 Å². The van der Waals surface area contributed by atoms with Gasteiger partial charge in [-0.2, -0.15) is 0 Å². The lowest BCUT2D eigenvalue weighted by Crippen LogP contribution is -1.86. The Morgan fingerprint density at radius 3 is 1.07 bits per heavy atom. The average Bonchev–Trinajstić information content (AvgIpc) is 3.60. The molecular weight excluding hydrogens is 542 g/mol. The van der Waals surface area contributed by atoms with Gasteiger partial charge in [0, 0.05) is 21.5 Å². The van der Waals surface area contributed by atoms with Gasteiger partial charge < -0.3 is 4.40 Å². The van der Waals surface area contributed by atoms with Gasteiger partial charge in [-0.1, -0.05) is 109 Å². The predicted molar refractivity (Wildman–Crippen MR) is 192 cm³/mol. The topological polar surface area (TPSA) is 4.41 Å². The molecule has 10 aromatic rings. The second-order valence-electron chi connectivity index (χ2n) is 12.2. The first-order chi connectivity index (χ1) is 22.3. The van der Waals surface area contributed by atoms with Crippen LogP contribution in [-0.2, 0) is 0 Å². The molecule has 0 N–H and O–H groups in total. The molecule has 0 fully saturated rings. The van der Waals surface area contributed by atoms with Crippen LogP contribution in [-0.4, -0.2) is 4.40 Å². The van der Waals surface area contributed by atoms with Crippen LogP contribution in [0.15, 0.2) is 164 Å². The van der Waals surface area contributed by atoms with Crippen molar-refractivity contribution in [2.24, 2.45) is 0 Å². The molecule has 0 atom stereocenters. The molecule has 45 heavy (non-hydrogen) atoms. The Morgan fingerprint density at radius 1 is 0.267 bits per heavy atom. The normalized spacial score (nSPS) is 12.0. The third-order valence-electron chi connectivity index (χ3n) is 9.60. The molecule has 1 heteroatoms. The van der Waals surface area contributed by atoms with Gasteiger partial charge in [0.2, 0.25) is 0 Å². The summed E-state index contributed by atoms with van der Waals surface area (Å²) in [6, 6.07) is 60.4. The summed E-state index contributed by atoms with van der Waals surface area (Å²) >= 11 is 0. The highest BCUT2D eigenvalue weighted by molar-refractivity contribution is 6.27. The van der Waals surface area contributed by atoms with Crippen LogP contribution in [0.25, 0.3) is 93.0 Å². The van der Waals surface area contributed by atoms with E-state index in [4.69, 9.17) is 0 Å². The Balaban J connectivity index is 1.34. The van der Waals surface area contributed by atoms with Gasteiger partial charge in [0.25, 0.3) is 0 Å². The first-order valence-electron chi connectivity index (χ1n) is 15.6. The van der Waals surface area contributed by atoms with E-state index in [9.17, 15) is 0 Å². The van der Waals surface area contributed by atoms with Crippen molar-refractivity contribution in [3.63, 3.8) is 0 Å². The lowest BCUT2D eigenvalue weighted by atomic mass is 9.92. The number of rotatable bonds is 3. The molecule has 1 nitrogen and oxygen atoms in total. The second kappa shape index (κ2) is 9.29. The van der Waals surface area contributed by atoms with Gasteiger partial charge in [-0.15, -0.1) is 0 Å². The zero-order valence-corrected chi connectivity index (χ0v) is 24.5. The summed E-state index contributed by atoms with van der Waals surface area (Å²) in [6.07, 6.45) is 0. The minimum absolute atomic E-state index is 1.22. The number of hydrogen-bond donors (Lipinski definition) is 0. The Labute approximate surface area is 260 Å². The van der Waals surface area contributed by atoms with Crippen LogP contribution in [0.3, 0.4) is 0 Å². The molecule has 10 rings (SSSR count). The van der Waals surface area contributed by atoms with Crippen LogP contribution >= 0.6 is 0 Å². The van der Waals surface area contributed by atoms with E-state index >= 15 is 0 Å². The quantitative estimate of drug-likeness (QED) is 0.199. The van der Waals surface area contributed by atoms with Crippen molar-refractivity contribution in [1.29, 1.82) is 0 Å². The van der Waals surface area contributed by atoms with Crippen molar-refractivity contribution in [2.75, 3.05) is 0 Å². The smallest absolute Gasteiger partial charge is 0.0620 e. The third-order valence-corrected chi connectivity index (χ3v) is 9.60. The molecule has 8 aromatic carbocycles. The number of benzene rings is 8. The molecule has 208 valence electrons. The highest BCUT2D eigenvalue weighted by atomic mass is 14.9. The monoisotopic (exact) mass is 569 g/mol. The molecule has 0 amide bonds. The van der Waals surface area contributed by atoms with Gasteiger partial charge >= 0.3 is 0 Å². The van der Waals surface area contributed by atoms with E-state index in [-0.39, 0.29) is 0 Å². The first-order valence-corrected chi connectivity index (χ1v) is 15.6. The Morgan fingerprint density at radius 2 is 0.622 bits per heavy atom. The Hall–Kier alpha value is -5.92. The van der Waals surface area contributed by atoms with E-state index in [1.54, 1.807) is 0 Å². The maximum atomic E-state index is 2.51. The summed E-state index contributed by atoms with van der Waals surface area (Å²) in [6.45, 7) is 0. The molecule has 0 radical (unpaired) electrons. The maximum Gasteiger partial charge on any atom is 0.0620 e. The van der Waals surface area contributed by atoms with Crippen LogP contribution in [0.5, 0.6) is 0 Å². The van der Waals surface area contributed by atoms with Crippen LogP contribution < -0.4 is 0 Å². The fourth-order valence-corrected chi connectivity index (χ4v) is 7.47. The standard InChI is InChI=1S/C44H27N/c1-3-11-28(12-4-1)34-19-35(29-13-5-2-6-14-29)21-36(20-34)37-24-40-38-22-30-15-7-9-17-32(30)26-42(38)45-43-27-33-18-10-8-16-31(33)23-39(43)41(25-37)44(40)45/h1-27H. The number of aromatic nitrogens is 1.